The molecule has 69 heavy (non-hydrogen) atoms. The Morgan fingerprint density at radius 1 is 0.246 bits per heavy atom. The zero-order chi connectivity index (χ0) is 45.4. The van der Waals surface area contributed by atoms with Crippen LogP contribution in [0.1, 0.15) is 0 Å². The molecule has 0 radical (unpaired) electrons. The lowest BCUT2D eigenvalue weighted by Crippen LogP contribution is -1.94. The van der Waals surface area contributed by atoms with Crippen molar-refractivity contribution in [1.82, 2.24) is 9.55 Å². The number of benzene rings is 12. The summed E-state index contributed by atoms with van der Waals surface area (Å²) in [4.78, 5) is 4.88. The number of hydrogen-bond donors (Lipinski definition) is 0. The predicted molar refractivity (Wildman–Crippen MR) is 293 cm³/mol. The summed E-state index contributed by atoms with van der Waals surface area (Å²) in [5.74, 6) is 0. The number of fused-ring (bicyclic) bond motifs is 8. The molecule has 320 valence electrons. The molecule has 2 aromatic heterocycles. The largest absolute Gasteiger partial charge is 0.308 e. The molecular weight excluding hydrogens is 833 g/mol. The first-order valence-corrected chi connectivity index (χ1v) is 23.8. The van der Waals surface area contributed by atoms with Crippen LogP contribution in [0.4, 0.5) is 0 Å². The molecule has 2 nitrogen and oxygen atoms in total. The average molecular weight is 875 g/mol. The minimum atomic E-state index is 1.01. The van der Waals surface area contributed by atoms with Crippen molar-refractivity contribution in [3.63, 3.8) is 0 Å². The normalized spacial score (nSPS) is 11.8. The van der Waals surface area contributed by atoms with Crippen LogP contribution in [0, 0.1) is 0 Å². The molecule has 0 aliphatic rings. The molecule has 0 aliphatic heterocycles. The van der Waals surface area contributed by atoms with Crippen molar-refractivity contribution in [2.24, 2.45) is 0 Å². The Bertz CT molecular complexity index is 4360. The van der Waals surface area contributed by atoms with Crippen LogP contribution >= 0.6 is 0 Å². The molecule has 0 aliphatic carbocycles. The Labute approximate surface area is 399 Å². The van der Waals surface area contributed by atoms with E-state index in [1.54, 1.807) is 0 Å². The van der Waals surface area contributed by atoms with E-state index in [9.17, 15) is 0 Å². The van der Waals surface area contributed by atoms with Gasteiger partial charge in [0, 0.05) is 17.3 Å². The first kappa shape index (κ1) is 39.1. The highest BCUT2D eigenvalue weighted by Gasteiger charge is 2.19. The van der Waals surface area contributed by atoms with Crippen molar-refractivity contribution in [2.45, 2.75) is 0 Å². The molecule has 0 amide bonds. The second-order valence-electron chi connectivity index (χ2n) is 18.3. The third kappa shape index (κ3) is 6.53. The predicted octanol–water partition coefficient (Wildman–Crippen LogP) is 18.3. The maximum absolute atomic E-state index is 4.88. The Kier molecular flexibility index (Phi) is 8.93. The SMILES string of the molecule is c1cc(-c2ccc(-n3c4cc(-c5ccc6ccccc6c5)ccc4c4ncccc43)cc2)cc(-c2ccc3c(-c4ccc5ccccc5c4)c4ccccc4c(-c4ccc5ccccc5c4)c3c2)c1. The smallest absolute Gasteiger partial charge is 0.0963 e. The van der Waals surface area contributed by atoms with Crippen LogP contribution in [0.3, 0.4) is 0 Å². The molecular formula is C67H42N2. The van der Waals surface area contributed by atoms with Gasteiger partial charge in [-0.1, -0.05) is 182 Å². The minimum absolute atomic E-state index is 1.01. The third-order valence-corrected chi connectivity index (χ3v) is 14.4. The summed E-state index contributed by atoms with van der Waals surface area (Å²) in [5.41, 5.74) is 16.4. The Morgan fingerprint density at radius 3 is 1.33 bits per heavy atom. The molecule has 0 spiro atoms. The van der Waals surface area contributed by atoms with E-state index in [2.05, 4.69) is 247 Å². The molecule has 0 atom stereocenters. The van der Waals surface area contributed by atoms with Gasteiger partial charge in [-0.25, -0.2) is 0 Å². The summed E-state index contributed by atoms with van der Waals surface area (Å²) in [7, 11) is 0. The molecule has 2 heteroatoms. The standard InChI is InChI=1S/C67H42N2/c1-4-14-47-38-52(25-22-43(47)11-1)54-31-35-61-64(42-54)69(63-21-10-36-68-67(61)63)57-32-28-46(29-33-57)50-17-9-18-51(37-50)53-30-34-60-62(41-53)66(56-27-24-45-13-3-6-16-49(45)40-56)59-20-8-7-19-58(59)65(60)55-26-23-44-12-2-5-15-48(44)39-55/h1-42H. The zero-order valence-electron chi connectivity index (χ0n) is 37.6. The number of aromatic nitrogens is 2. The highest BCUT2D eigenvalue weighted by Crippen LogP contribution is 2.46. The minimum Gasteiger partial charge on any atom is -0.308 e. The highest BCUT2D eigenvalue weighted by atomic mass is 15.0. The van der Waals surface area contributed by atoms with Crippen LogP contribution in [0.2, 0.25) is 0 Å². The molecule has 0 bridgehead atoms. The third-order valence-electron chi connectivity index (χ3n) is 14.4. The first-order valence-electron chi connectivity index (χ1n) is 23.8. The lowest BCUT2D eigenvalue weighted by atomic mass is 9.84. The number of hydrogen-bond acceptors (Lipinski definition) is 1. The molecule has 0 fully saturated rings. The fourth-order valence-electron chi connectivity index (χ4n) is 11.0. The monoisotopic (exact) mass is 874 g/mol. The quantitative estimate of drug-likeness (QED) is 0.152. The molecule has 12 aromatic carbocycles. The van der Waals surface area contributed by atoms with Gasteiger partial charge in [-0.2, -0.15) is 0 Å². The fourth-order valence-corrected chi connectivity index (χ4v) is 11.0. The van der Waals surface area contributed by atoms with Gasteiger partial charge in [-0.05, 0) is 176 Å². The van der Waals surface area contributed by atoms with Crippen molar-refractivity contribution in [2.75, 3.05) is 0 Å². The molecule has 0 N–H and O–H groups in total. The average Bonchev–Trinajstić information content (AvgIpc) is 3.75. The van der Waals surface area contributed by atoms with Gasteiger partial charge in [0.05, 0.1) is 16.6 Å². The molecule has 0 saturated heterocycles. The van der Waals surface area contributed by atoms with E-state index in [-0.39, 0.29) is 0 Å². The van der Waals surface area contributed by atoms with Crippen molar-refractivity contribution in [3.8, 4) is 61.3 Å². The van der Waals surface area contributed by atoms with Crippen LogP contribution in [0.5, 0.6) is 0 Å². The van der Waals surface area contributed by atoms with Crippen molar-refractivity contribution >= 4 is 75.8 Å². The maximum atomic E-state index is 4.88. The van der Waals surface area contributed by atoms with Gasteiger partial charge in [0.15, 0.2) is 0 Å². The van der Waals surface area contributed by atoms with E-state index in [4.69, 9.17) is 4.98 Å². The summed E-state index contributed by atoms with van der Waals surface area (Å²) in [5, 5.41) is 13.6. The number of pyridine rings is 1. The molecule has 2 heterocycles. The van der Waals surface area contributed by atoms with Crippen molar-refractivity contribution in [3.05, 3.63) is 255 Å². The van der Waals surface area contributed by atoms with Gasteiger partial charge in [-0.3, -0.25) is 4.98 Å². The summed E-state index contributed by atoms with van der Waals surface area (Å²) in [6.07, 6.45) is 1.89. The zero-order valence-corrected chi connectivity index (χ0v) is 37.6. The van der Waals surface area contributed by atoms with E-state index >= 15 is 0 Å². The maximum Gasteiger partial charge on any atom is 0.0963 e. The fraction of sp³-hybridized carbons (Fsp3) is 0. The summed E-state index contributed by atoms with van der Waals surface area (Å²) in [6.45, 7) is 0. The topological polar surface area (TPSA) is 17.8 Å². The van der Waals surface area contributed by atoms with Crippen LogP contribution < -0.4 is 0 Å². The first-order chi connectivity index (χ1) is 34.2. The second-order valence-corrected chi connectivity index (χ2v) is 18.3. The molecule has 14 aromatic rings. The summed E-state index contributed by atoms with van der Waals surface area (Å²) >= 11 is 0. The van der Waals surface area contributed by atoms with E-state index in [0.717, 1.165) is 27.6 Å². The van der Waals surface area contributed by atoms with Gasteiger partial charge < -0.3 is 4.57 Å². The van der Waals surface area contributed by atoms with E-state index in [1.165, 1.54) is 109 Å². The number of rotatable bonds is 6. The van der Waals surface area contributed by atoms with E-state index < -0.39 is 0 Å². The molecule has 14 rings (SSSR count). The summed E-state index contributed by atoms with van der Waals surface area (Å²) in [6, 6.07) is 91.6. The lowest BCUT2D eigenvalue weighted by molar-refractivity contribution is 1.18. The highest BCUT2D eigenvalue weighted by molar-refractivity contribution is 6.22. The van der Waals surface area contributed by atoms with Crippen LogP contribution in [0.25, 0.3) is 137 Å². The van der Waals surface area contributed by atoms with Gasteiger partial charge in [0.2, 0.25) is 0 Å². The summed E-state index contributed by atoms with van der Waals surface area (Å²) < 4.78 is 2.36. The van der Waals surface area contributed by atoms with Gasteiger partial charge >= 0.3 is 0 Å². The van der Waals surface area contributed by atoms with Crippen molar-refractivity contribution in [1.29, 1.82) is 0 Å². The second kappa shape index (κ2) is 15.8. The Balaban J connectivity index is 0.892. The van der Waals surface area contributed by atoms with Crippen LogP contribution in [-0.4, -0.2) is 9.55 Å². The van der Waals surface area contributed by atoms with Gasteiger partial charge in [0.1, 0.15) is 0 Å². The van der Waals surface area contributed by atoms with Gasteiger partial charge in [0.25, 0.3) is 0 Å². The van der Waals surface area contributed by atoms with Crippen LogP contribution in [-0.2, 0) is 0 Å². The van der Waals surface area contributed by atoms with Crippen LogP contribution in [0.15, 0.2) is 255 Å². The lowest BCUT2D eigenvalue weighted by Gasteiger charge is -2.19. The van der Waals surface area contributed by atoms with E-state index in [0.29, 0.717) is 0 Å². The van der Waals surface area contributed by atoms with E-state index in [1.807, 2.05) is 12.3 Å². The molecule has 0 saturated carbocycles. The van der Waals surface area contributed by atoms with Crippen molar-refractivity contribution < 1.29 is 0 Å². The molecule has 0 unspecified atom stereocenters. The number of nitrogens with zero attached hydrogens (tertiary/aromatic N) is 2. The Hall–Kier alpha value is -9.11. The Morgan fingerprint density at radius 2 is 0.696 bits per heavy atom. The van der Waals surface area contributed by atoms with Gasteiger partial charge in [-0.15, -0.1) is 0 Å².